The van der Waals surface area contributed by atoms with Crippen LogP contribution in [0.1, 0.15) is 18.5 Å². The van der Waals surface area contributed by atoms with Crippen molar-refractivity contribution in [2.24, 2.45) is 0 Å². The molecule has 0 radical (unpaired) electrons. The van der Waals surface area contributed by atoms with E-state index in [0.717, 1.165) is 10.0 Å². The van der Waals surface area contributed by atoms with Gasteiger partial charge >= 0.3 is 12.0 Å². The summed E-state index contributed by atoms with van der Waals surface area (Å²) in [6, 6.07) is 13.3. The van der Waals surface area contributed by atoms with E-state index in [4.69, 9.17) is 14.2 Å². The third-order valence-electron chi connectivity index (χ3n) is 4.29. The highest BCUT2D eigenvalue weighted by Gasteiger charge is 2.34. The molecule has 0 aromatic heterocycles. The molecular formula is C21H21BrN2O5. The Bertz CT molecular complexity index is 910. The number of ether oxygens (including phenoxy) is 3. The summed E-state index contributed by atoms with van der Waals surface area (Å²) in [5.41, 5.74) is 1.38. The van der Waals surface area contributed by atoms with Gasteiger partial charge in [-0.1, -0.05) is 28.1 Å². The van der Waals surface area contributed by atoms with E-state index in [1.54, 1.807) is 50.4 Å². The molecule has 1 aliphatic rings. The molecule has 2 aromatic rings. The molecule has 1 aliphatic heterocycles. The van der Waals surface area contributed by atoms with Gasteiger partial charge in [0.25, 0.3) is 0 Å². The lowest BCUT2D eigenvalue weighted by molar-refractivity contribution is -0.139. The number of rotatable bonds is 7. The number of esters is 1. The fourth-order valence-electron chi connectivity index (χ4n) is 2.91. The van der Waals surface area contributed by atoms with Gasteiger partial charge in [0.2, 0.25) is 0 Å². The number of carbonyl (C=O) groups excluding carboxylic acids is 2. The van der Waals surface area contributed by atoms with Crippen LogP contribution in [0.3, 0.4) is 0 Å². The van der Waals surface area contributed by atoms with Gasteiger partial charge in [0.05, 0.1) is 31.0 Å². The Morgan fingerprint density at radius 3 is 2.34 bits per heavy atom. The van der Waals surface area contributed by atoms with E-state index in [1.807, 2.05) is 12.1 Å². The largest absolute Gasteiger partial charge is 0.497 e. The highest BCUT2D eigenvalue weighted by Crippen LogP contribution is 2.29. The fourth-order valence-corrected chi connectivity index (χ4v) is 3.18. The van der Waals surface area contributed by atoms with Gasteiger partial charge in [-0.05, 0) is 48.9 Å². The lowest BCUT2D eigenvalue weighted by Gasteiger charge is -2.29. The molecule has 0 fully saturated rings. The molecule has 152 valence electrons. The summed E-state index contributed by atoms with van der Waals surface area (Å²) in [5.74, 6) is 0.766. The minimum atomic E-state index is -0.669. The van der Waals surface area contributed by atoms with E-state index in [1.165, 1.54) is 0 Å². The summed E-state index contributed by atoms with van der Waals surface area (Å²) in [7, 11) is 1.57. The number of hydrogen-bond acceptors (Lipinski definition) is 5. The number of amides is 2. The quantitative estimate of drug-likeness (QED) is 0.615. The Morgan fingerprint density at radius 2 is 1.72 bits per heavy atom. The van der Waals surface area contributed by atoms with Gasteiger partial charge in [-0.3, -0.25) is 0 Å². The monoisotopic (exact) mass is 460 g/mol. The number of benzene rings is 2. The number of halogens is 1. The number of urea groups is 1. The number of nitrogens with one attached hydrogen (secondary N) is 2. The normalized spacial score (nSPS) is 16.0. The smallest absolute Gasteiger partial charge is 0.338 e. The molecule has 0 saturated carbocycles. The minimum absolute atomic E-state index is 0.00978. The Labute approximate surface area is 177 Å². The van der Waals surface area contributed by atoms with Crippen molar-refractivity contribution in [1.29, 1.82) is 0 Å². The molecular weight excluding hydrogens is 440 g/mol. The highest BCUT2D eigenvalue weighted by molar-refractivity contribution is 9.10. The van der Waals surface area contributed by atoms with Crippen LogP contribution in [0.25, 0.3) is 0 Å². The first kappa shape index (κ1) is 20.7. The Balaban J connectivity index is 1.94. The third kappa shape index (κ3) is 5.08. The van der Waals surface area contributed by atoms with Crippen molar-refractivity contribution in [3.05, 3.63) is 69.8 Å². The van der Waals surface area contributed by atoms with Crippen molar-refractivity contribution in [2.75, 3.05) is 20.3 Å². The molecule has 1 unspecified atom stereocenters. The first-order valence-electron chi connectivity index (χ1n) is 9.01. The molecule has 1 heterocycles. The third-order valence-corrected chi connectivity index (χ3v) is 4.82. The molecule has 2 amide bonds. The highest BCUT2D eigenvalue weighted by atomic mass is 79.9. The first-order chi connectivity index (χ1) is 14.0. The standard InChI is InChI=1S/C21H21BrN2O5/c1-3-28-20(25)18-17(12-29-16-10-6-14(22)7-11-16)23-21(26)24-19(18)13-4-8-15(27-2)9-5-13/h4-11,19H,3,12H2,1-2H3,(H2,23,24,26). The Morgan fingerprint density at radius 1 is 1.07 bits per heavy atom. The Hall–Kier alpha value is -3.00. The molecule has 3 rings (SSSR count). The van der Waals surface area contributed by atoms with Crippen molar-refractivity contribution in [2.45, 2.75) is 13.0 Å². The van der Waals surface area contributed by atoms with Crippen LogP contribution >= 0.6 is 15.9 Å². The van der Waals surface area contributed by atoms with Gasteiger partial charge in [0.15, 0.2) is 0 Å². The van der Waals surface area contributed by atoms with E-state index >= 15 is 0 Å². The number of methoxy groups -OCH3 is 1. The van der Waals surface area contributed by atoms with Crippen LogP contribution in [0.4, 0.5) is 4.79 Å². The van der Waals surface area contributed by atoms with Crippen molar-refractivity contribution in [3.63, 3.8) is 0 Å². The zero-order chi connectivity index (χ0) is 20.8. The van der Waals surface area contributed by atoms with Gasteiger partial charge in [-0.15, -0.1) is 0 Å². The van der Waals surface area contributed by atoms with Gasteiger partial charge < -0.3 is 24.8 Å². The minimum Gasteiger partial charge on any atom is -0.497 e. The predicted molar refractivity (Wildman–Crippen MR) is 111 cm³/mol. The molecule has 29 heavy (non-hydrogen) atoms. The van der Waals surface area contributed by atoms with Gasteiger partial charge in [-0.25, -0.2) is 9.59 Å². The second-order valence-electron chi connectivity index (χ2n) is 6.16. The van der Waals surface area contributed by atoms with Crippen LogP contribution < -0.4 is 20.1 Å². The van der Waals surface area contributed by atoms with Crippen LogP contribution in [-0.4, -0.2) is 32.3 Å². The first-order valence-corrected chi connectivity index (χ1v) is 9.81. The van der Waals surface area contributed by atoms with E-state index in [0.29, 0.717) is 22.8 Å². The number of carbonyl (C=O) groups is 2. The SMILES string of the molecule is CCOC(=O)C1=C(COc2ccc(Br)cc2)NC(=O)NC1c1ccc(OC)cc1. The summed E-state index contributed by atoms with van der Waals surface area (Å²) >= 11 is 3.37. The van der Waals surface area contributed by atoms with Crippen LogP contribution in [0.2, 0.25) is 0 Å². The van der Waals surface area contributed by atoms with Crippen molar-refractivity contribution in [3.8, 4) is 11.5 Å². The molecule has 0 saturated heterocycles. The second-order valence-corrected chi connectivity index (χ2v) is 7.08. The molecule has 1 atom stereocenters. The summed E-state index contributed by atoms with van der Waals surface area (Å²) in [5, 5.41) is 5.46. The molecule has 2 aromatic carbocycles. The molecule has 2 N–H and O–H groups in total. The van der Waals surface area contributed by atoms with Crippen LogP contribution in [0.5, 0.6) is 11.5 Å². The molecule has 7 nitrogen and oxygen atoms in total. The zero-order valence-corrected chi connectivity index (χ0v) is 17.6. The van der Waals surface area contributed by atoms with Crippen molar-refractivity contribution < 1.29 is 23.8 Å². The second kappa shape index (κ2) is 9.47. The van der Waals surface area contributed by atoms with Gasteiger partial charge in [0, 0.05) is 4.47 Å². The average Bonchev–Trinajstić information content (AvgIpc) is 2.73. The number of hydrogen-bond donors (Lipinski definition) is 2. The van der Waals surface area contributed by atoms with Gasteiger partial charge in [0.1, 0.15) is 18.1 Å². The van der Waals surface area contributed by atoms with Crippen LogP contribution in [0.15, 0.2) is 64.3 Å². The maximum Gasteiger partial charge on any atom is 0.338 e. The molecule has 0 spiro atoms. The lowest BCUT2D eigenvalue weighted by atomic mass is 9.95. The van der Waals surface area contributed by atoms with E-state index in [2.05, 4.69) is 26.6 Å². The van der Waals surface area contributed by atoms with E-state index < -0.39 is 18.0 Å². The van der Waals surface area contributed by atoms with E-state index in [-0.39, 0.29) is 13.2 Å². The van der Waals surface area contributed by atoms with Crippen molar-refractivity contribution in [1.82, 2.24) is 10.6 Å². The summed E-state index contributed by atoms with van der Waals surface area (Å²) in [6.07, 6.45) is 0. The summed E-state index contributed by atoms with van der Waals surface area (Å²) in [4.78, 5) is 25.0. The average molecular weight is 461 g/mol. The maximum atomic E-state index is 12.7. The maximum absolute atomic E-state index is 12.7. The molecule has 0 aliphatic carbocycles. The molecule has 0 bridgehead atoms. The predicted octanol–water partition coefficient (Wildman–Crippen LogP) is 3.71. The van der Waals surface area contributed by atoms with Gasteiger partial charge in [-0.2, -0.15) is 0 Å². The summed E-state index contributed by atoms with van der Waals surface area (Å²) in [6.45, 7) is 1.95. The molecule has 8 heteroatoms. The lowest BCUT2D eigenvalue weighted by Crippen LogP contribution is -2.47. The topological polar surface area (TPSA) is 85.9 Å². The Kier molecular flexibility index (Phi) is 6.77. The van der Waals surface area contributed by atoms with Crippen molar-refractivity contribution >= 4 is 27.9 Å². The van der Waals surface area contributed by atoms with E-state index in [9.17, 15) is 9.59 Å². The van der Waals surface area contributed by atoms with Crippen LogP contribution in [0, 0.1) is 0 Å². The summed E-state index contributed by atoms with van der Waals surface area (Å²) < 4.78 is 17.1. The van der Waals surface area contributed by atoms with Crippen LogP contribution in [-0.2, 0) is 9.53 Å². The zero-order valence-electron chi connectivity index (χ0n) is 16.0. The fraction of sp³-hybridized carbons (Fsp3) is 0.238.